The molecule has 70 valence electrons. The van der Waals surface area contributed by atoms with E-state index >= 15 is 0 Å². The molecule has 4 nitrogen and oxygen atoms in total. The summed E-state index contributed by atoms with van der Waals surface area (Å²) in [5, 5.41) is 7.85. The molecule has 14 heavy (non-hydrogen) atoms. The molecule has 2 aromatic rings. The number of hydrogen-bond donors (Lipinski definition) is 0. The molecule has 0 radical (unpaired) electrons. The molecule has 0 spiro atoms. The van der Waals surface area contributed by atoms with Crippen LogP contribution in [0.1, 0.15) is 11.3 Å². The third-order valence-electron chi connectivity index (χ3n) is 1.95. The topological polar surface area (TPSA) is 51.6 Å². The first kappa shape index (κ1) is 8.74. The van der Waals surface area contributed by atoms with Crippen molar-refractivity contribution >= 4 is 0 Å². The van der Waals surface area contributed by atoms with Crippen LogP contribution in [0.5, 0.6) is 0 Å². The molecule has 4 heteroatoms. The molecule has 2 aromatic heterocycles. The smallest absolute Gasteiger partial charge is 0.116 e. The third-order valence-corrected chi connectivity index (χ3v) is 1.95. The second-order valence-electron chi connectivity index (χ2n) is 3.11. The van der Waals surface area contributed by atoms with Crippen molar-refractivity contribution < 1.29 is 0 Å². The van der Waals surface area contributed by atoms with E-state index in [1.54, 1.807) is 18.6 Å². The molecular weight excluding hydrogens is 176 g/mol. The zero-order chi connectivity index (χ0) is 9.97. The van der Waals surface area contributed by atoms with Crippen molar-refractivity contribution in [3.05, 3.63) is 35.9 Å². The Morgan fingerprint density at radius 3 is 2.57 bits per heavy atom. The summed E-state index contributed by atoms with van der Waals surface area (Å²) < 4.78 is 0. The van der Waals surface area contributed by atoms with Gasteiger partial charge in [-0.1, -0.05) is 0 Å². The fraction of sp³-hybridized carbons (Fsp3) is 0.200. The van der Waals surface area contributed by atoms with Gasteiger partial charge in [-0.2, -0.15) is 5.10 Å². The van der Waals surface area contributed by atoms with Crippen molar-refractivity contribution in [2.75, 3.05) is 0 Å². The van der Waals surface area contributed by atoms with Gasteiger partial charge in [0.2, 0.25) is 0 Å². The lowest BCUT2D eigenvalue weighted by molar-refractivity contribution is 1.00. The van der Waals surface area contributed by atoms with Crippen LogP contribution < -0.4 is 0 Å². The Kier molecular flexibility index (Phi) is 2.18. The van der Waals surface area contributed by atoms with E-state index in [1.165, 1.54) is 0 Å². The largest absolute Gasteiger partial charge is 0.258 e. The van der Waals surface area contributed by atoms with Crippen LogP contribution in [0, 0.1) is 13.8 Å². The van der Waals surface area contributed by atoms with E-state index in [0.717, 1.165) is 22.6 Å². The quantitative estimate of drug-likeness (QED) is 0.678. The minimum Gasteiger partial charge on any atom is -0.258 e. The van der Waals surface area contributed by atoms with Gasteiger partial charge in [-0.25, -0.2) is 0 Å². The Hall–Kier alpha value is -1.84. The molecule has 0 amide bonds. The Morgan fingerprint density at radius 1 is 1.07 bits per heavy atom. The maximum absolute atomic E-state index is 4.24. The number of nitrogens with zero attached hydrogens (tertiary/aromatic N) is 4. The van der Waals surface area contributed by atoms with Gasteiger partial charge in [0.25, 0.3) is 0 Å². The number of rotatable bonds is 1. The molecule has 2 rings (SSSR count). The number of aryl methyl sites for hydroxylation is 2. The van der Waals surface area contributed by atoms with Crippen molar-refractivity contribution in [1.29, 1.82) is 0 Å². The van der Waals surface area contributed by atoms with Crippen LogP contribution in [0.15, 0.2) is 24.7 Å². The first-order valence-corrected chi connectivity index (χ1v) is 4.34. The molecule has 2 heterocycles. The van der Waals surface area contributed by atoms with Gasteiger partial charge in [-0.15, -0.1) is 5.10 Å². The van der Waals surface area contributed by atoms with Gasteiger partial charge in [0, 0.05) is 12.4 Å². The highest BCUT2D eigenvalue weighted by molar-refractivity contribution is 5.56. The molecule has 0 aliphatic rings. The second kappa shape index (κ2) is 3.49. The summed E-state index contributed by atoms with van der Waals surface area (Å²) in [6, 6.07) is 1.91. The van der Waals surface area contributed by atoms with Gasteiger partial charge in [0.1, 0.15) is 11.4 Å². The molecule has 0 saturated heterocycles. The van der Waals surface area contributed by atoms with Crippen LogP contribution in [0.25, 0.3) is 11.4 Å². The lowest BCUT2D eigenvalue weighted by atomic mass is 10.2. The molecule has 0 bridgehead atoms. The van der Waals surface area contributed by atoms with Crippen molar-refractivity contribution in [3.8, 4) is 11.4 Å². The van der Waals surface area contributed by atoms with E-state index in [1.807, 2.05) is 19.9 Å². The summed E-state index contributed by atoms with van der Waals surface area (Å²) in [5.74, 6) is 0. The van der Waals surface area contributed by atoms with Gasteiger partial charge in [0.15, 0.2) is 0 Å². The summed E-state index contributed by atoms with van der Waals surface area (Å²) in [5.41, 5.74) is 3.51. The predicted octanol–water partition coefficient (Wildman–Crippen LogP) is 1.55. The lowest BCUT2D eigenvalue weighted by Gasteiger charge is -2.01. The van der Waals surface area contributed by atoms with Gasteiger partial charge in [0.05, 0.1) is 11.9 Å². The standard InChI is InChI=1S/C10H10N4/c1-7-3-4-13-14-10(7)9-6-11-8(2)5-12-9/h3-6H,1-2H3. The zero-order valence-corrected chi connectivity index (χ0v) is 8.10. The molecule has 0 N–H and O–H groups in total. The van der Waals surface area contributed by atoms with E-state index in [2.05, 4.69) is 20.2 Å². The lowest BCUT2D eigenvalue weighted by Crippen LogP contribution is -1.94. The van der Waals surface area contributed by atoms with Crippen LogP contribution in [0.2, 0.25) is 0 Å². The van der Waals surface area contributed by atoms with Crippen molar-refractivity contribution in [3.63, 3.8) is 0 Å². The monoisotopic (exact) mass is 186 g/mol. The van der Waals surface area contributed by atoms with E-state index in [0.29, 0.717) is 0 Å². The average molecular weight is 186 g/mol. The Labute approximate surface area is 82.1 Å². The summed E-state index contributed by atoms with van der Waals surface area (Å²) in [6.45, 7) is 3.88. The molecular formula is C10H10N4. The summed E-state index contributed by atoms with van der Waals surface area (Å²) in [4.78, 5) is 8.41. The minimum atomic E-state index is 0.765. The van der Waals surface area contributed by atoms with Crippen molar-refractivity contribution in [2.45, 2.75) is 13.8 Å². The second-order valence-corrected chi connectivity index (χ2v) is 3.11. The molecule has 0 saturated carbocycles. The molecule has 0 aromatic carbocycles. The maximum Gasteiger partial charge on any atom is 0.116 e. The minimum absolute atomic E-state index is 0.765. The molecule has 0 aliphatic heterocycles. The Bertz CT molecular complexity index is 436. The van der Waals surface area contributed by atoms with E-state index < -0.39 is 0 Å². The van der Waals surface area contributed by atoms with E-state index in [9.17, 15) is 0 Å². The molecule has 0 aliphatic carbocycles. The van der Waals surface area contributed by atoms with Gasteiger partial charge in [-0.3, -0.25) is 9.97 Å². The SMILES string of the molecule is Cc1cnc(-c2nnccc2C)cn1. The van der Waals surface area contributed by atoms with Crippen LogP contribution in [0.3, 0.4) is 0 Å². The van der Waals surface area contributed by atoms with Crippen molar-refractivity contribution in [2.24, 2.45) is 0 Å². The highest BCUT2D eigenvalue weighted by Crippen LogP contribution is 2.15. The van der Waals surface area contributed by atoms with Gasteiger partial charge in [-0.05, 0) is 25.5 Å². The van der Waals surface area contributed by atoms with E-state index in [4.69, 9.17) is 0 Å². The Morgan fingerprint density at radius 2 is 1.93 bits per heavy atom. The normalized spacial score (nSPS) is 10.1. The molecule has 0 fully saturated rings. The fourth-order valence-electron chi connectivity index (χ4n) is 1.16. The highest BCUT2D eigenvalue weighted by Gasteiger charge is 2.04. The van der Waals surface area contributed by atoms with Gasteiger partial charge >= 0.3 is 0 Å². The summed E-state index contributed by atoms with van der Waals surface area (Å²) >= 11 is 0. The van der Waals surface area contributed by atoms with Crippen LogP contribution in [-0.4, -0.2) is 20.2 Å². The van der Waals surface area contributed by atoms with Crippen molar-refractivity contribution in [1.82, 2.24) is 20.2 Å². The zero-order valence-electron chi connectivity index (χ0n) is 8.10. The van der Waals surface area contributed by atoms with E-state index in [-0.39, 0.29) is 0 Å². The molecule has 0 atom stereocenters. The highest BCUT2D eigenvalue weighted by atomic mass is 15.1. The number of aromatic nitrogens is 4. The maximum atomic E-state index is 4.24. The summed E-state index contributed by atoms with van der Waals surface area (Å²) in [7, 11) is 0. The van der Waals surface area contributed by atoms with Gasteiger partial charge < -0.3 is 0 Å². The predicted molar refractivity (Wildman–Crippen MR) is 52.5 cm³/mol. The number of hydrogen-bond acceptors (Lipinski definition) is 4. The van der Waals surface area contributed by atoms with Crippen LogP contribution >= 0.6 is 0 Å². The average Bonchev–Trinajstić information content (AvgIpc) is 2.20. The third kappa shape index (κ3) is 1.59. The summed E-state index contributed by atoms with van der Waals surface area (Å²) in [6.07, 6.45) is 5.11. The first-order chi connectivity index (χ1) is 6.77. The fourth-order valence-corrected chi connectivity index (χ4v) is 1.16. The van der Waals surface area contributed by atoms with Crippen LogP contribution in [-0.2, 0) is 0 Å². The Balaban J connectivity index is 2.50. The van der Waals surface area contributed by atoms with Crippen LogP contribution in [0.4, 0.5) is 0 Å². The first-order valence-electron chi connectivity index (χ1n) is 4.34. The molecule has 0 unspecified atom stereocenters.